The van der Waals surface area contributed by atoms with E-state index in [1.807, 2.05) is 0 Å². The summed E-state index contributed by atoms with van der Waals surface area (Å²) in [6.07, 6.45) is 0.323. The first-order valence-corrected chi connectivity index (χ1v) is 10.1. The molecule has 1 N–H and O–H groups in total. The Morgan fingerprint density at radius 1 is 1.57 bits per heavy atom. The highest BCUT2D eigenvalue weighted by atomic mass is 32.2. The van der Waals surface area contributed by atoms with Crippen molar-refractivity contribution in [2.45, 2.75) is 18.4 Å². The maximum atomic E-state index is 11.9. The third-order valence-corrected chi connectivity index (χ3v) is 7.14. The van der Waals surface area contributed by atoms with E-state index in [1.54, 1.807) is 4.90 Å². The van der Waals surface area contributed by atoms with E-state index in [4.69, 9.17) is 0 Å². The van der Waals surface area contributed by atoms with E-state index in [2.05, 4.69) is 0 Å². The Morgan fingerprint density at radius 2 is 2.24 bits per heavy atom. The van der Waals surface area contributed by atoms with Crippen LogP contribution in [-0.2, 0) is 9.84 Å². The molecule has 2 rings (SSSR count). The van der Waals surface area contributed by atoms with E-state index in [0.717, 1.165) is 17.6 Å². The van der Waals surface area contributed by atoms with Crippen molar-refractivity contribution < 1.29 is 18.4 Å². The van der Waals surface area contributed by atoms with E-state index in [9.17, 15) is 23.6 Å². The zero-order valence-corrected chi connectivity index (χ0v) is 14.0. The third kappa shape index (κ3) is 3.50. The van der Waals surface area contributed by atoms with E-state index in [-0.39, 0.29) is 5.69 Å². The van der Waals surface area contributed by atoms with E-state index in [0.29, 0.717) is 27.9 Å². The quantitative estimate of drug-likeness (QED) is 0.649. The van der Waals surface area contributed by atoms with Gasteiger partial charge in [0.05, 0.1) is 11.0 Å². The lowest BCUT2D eigenvalue weighted by Crippen LogP contribution is -2.46. The smallest absolute Gasteiger partial charge is 0.304 e. The monoisotopic (exact) mass is 352 g/mol. The molecule has 7 nitrogen and oxygen atoms in total. The molecule has 10 heteroatoms. The third-order valence-electron chi connectivity index (χ3n) is 3.16. The number of rotatable bonds is 4. The molecular weight excluding hydrogens is 336 g/mol. The topological polar surface area (TPSA) is 101 Å². The second-order valence-electron chi connectivity index (χ2n) is 4.82. The zero-order valence-electron chi connectivity index (χ0n) is 11.6. The van der Waals surface area contributed by atoms with Crippen LogP contribution < -0.4 is 4.90 Å². The highest BCUT2D eigenvalue weighted by molar-refractivity contribution is 8.01. The standard InChI is InChI=1S/C11H16N2O5S3/c1-7(14)9-5-8(13(15)16)11(20-9)12-3-4-19-6-10(12)21(2,17)18/h5,7,10,14H,3-4,6H2,1-2H3/t7-,10?/m1/s1. The van der Waals surface area contributed by atoms with Crippen molar-refractivity contribution in [2.24, 2.45) is 0 Å². The van der Waals surface area contributed by atoms with Crippen LogP contribution >= 0.6 is 23.1 Å². The largest absolute Gasteiger partial charge is 0.388 e. The Bertz CT molecular complexity index is 640. The first-order chi connectivity index (χ1) is 9.71. The van der Waals surface area contributed by atoms with Gasteiger partial charge >= 0.3 is 5.69 Å². The molecule has 0 bridgehead atoms. The van der Waals surface area contributed by atoms with E-state index < -0.39 is 26.2 Å². The Morgan fingerprint density at radius 3 is 2.76 bits per heavy atom. The van der Waals surface area contributed by atoms with Gasteiger partial charge in [-0.05, 0) is 6.92 Å². The summed E-state index contributed by atoms with van der Waals surface area (Å²) in [6.45, 7) is 1.96. The van der Waals surface area contributed by atoms with Gasteiger partial charge in [-0.2, -0.15) is 11.8 Å². The molecule has 0 aromatic carbocycles. The molecule has 1 aromatic heterocycles. The van der Waals surface area contributed by atoms with Crippen LogP contribution in [0.15, 0.2) is 6.07 Å². The number of hydrogen-bond acceptors (Lipinski definition) is 8. The van der Waals surface area contributed by atoms with Crippen LogP contribution in [-0.4, -0.2) is 48.1 Å². The summed E-state index contributed by atoms with van der Waals surface area (Å²) >= 11 is 2.60. The highest BCUT2D eigenvalue weighted by Gasteiger charge is 2.36. The molecule has 1 aromatic rings. The number of nitro groups is 1. The molecule has 0 saturated carbocycles. The van der Waals surface area contributed by atoms with Gasteiger partial charge in [-0.3, -0.25) is 10.1 Å². The van der Waals surface area contributed by atoms with Gasteiger partial charge < -0.3 is 10.0 Å². The SMILES string of the molecule is C[C@@H](O)c1cc([N+](=O)[O-])c(N2CCSCC2S(C)(=O)=O)s1. The molecule has 1 aliphatic rings. The average Bonchev–Trinajstić information content (AvgIpc) is 2.83. The molecule has 1 saturated heterocycles. The Kier molecular flexibility index (Phi) is 4.81. The van der Waals surface area contributed by atoms with Crippen LogP contribution in [0.5, 0.6) is 0 Å². The van der Waals surface area contributed by atoms with E-state index in [1.165, 1.54) is 24.8 Å². The number of thioether (sulfide) groups is 1. The lowest BCUT2D eigenvalue weighted by atomic mass is 10.3. The van der Waals surface area contributed by atoms with E-state index >= 15 is 0 Å². The summed E-state index contributed by atoms with van der Waals surface area (Å²) in [5.74, 6) is 1.10. The van der Waals surface area contributed by atoms with Crippen LogP contribution in [0.25, 0.3) is 0 Å². The molecule has 21 heavy (non-hydrogen) atoms. The summed E-state index contributed by atoms with van der Waals surface area (Å²) < 4.78 is 23.8. The minimum Gasteiger partial charge on any atom is -0.388 e. The number of anilines is 1. The number of aliphatic hydroxyl groups is 1. The second kappa shape index (κ2) is 6.11. The molecule has 1 aliphatic heterocycles. The molecule has 2 heterocycles. The maximum absolute atomic E-state index is 11.9. The van der Waals surface area contributed by atoms with Crippen molar-refractivity contribution in [2.75, 3.05) is 29.2 Å². The molecule has 118 valence electrons. The molecule has 1 fully saturated rings. The van der Waals surface area contributed by atoms with Crippen molar-refractivity contribution in [3.63, 3.8) is 0 Å². The van der Waals surface area contributed by atoms with Gasteiger partial charge in [0.25, 0.3) is 0 Å². The van der Waals surface area contributed by atoms with Gasteiger partial charge in [0, 0.05) is 35.2 Å². The first kappa shape index (κ1) is 16.5. The summed E-state index contributed by atoms with van der Waals surface area (Å²) in [7, 11) is -3.35. The first-order valence-electron chi connectivity index (χ1n) is 6.21. The Balaban J connectivity index is 2.49. The zero-order chi connectivity index (χ0) is 15.8. The molecular formula is C11H16N2O5S3. The normalized spacial score (nSPS) is 21.3. The van der Waals surface area contributed by atoms with Gasteiger partial charge in [-0.1, -0.05) is 0 Å². The summed E-state index contributed by atoms with van der Waals surface area (Å²) in [6, 6.07) is 1.33. The summed E-state index contributed by atoms with van der Waals surface area (Å²) in [5.41, 5.74) is -0.142. The molecule has 0 amide bonds. The van der Waals surface area contributed by atoms with Crippen LogP contribution in [0.2, 0.25) is 0 Å². The summed E-state index contributed by atoms with van der Waals surface area (Å²) in [4.78, 5) is 12.7. The van der Waals surface area contributed by atoms with Gasteiger partial charge in [-0.15, -0.1) is 11.3 Å². The average molecular weight is 352 g/mol. The fourth-order valence-electron chi connectivity index (χ4n) is 2.10. The Labute approximate surface area is 131 Å². The van der Waals surface area contributed by atoms with Crippen LogP contribution in [0.4, 0.5) is 10.7 Å². The van der Waals surface area contributed by atoms with Crippen molar-refractivity contribution in [3.8, 4) is 0 Å². The molecule has 0 spiro atoms. The number of thiophene rings is 1. The number of nitrogens with zero attached hydrogens (tertiary/aromatic N) is 2. The highest BCUT2D eigenvalue weighted by Crippen LogP contribution is 2.42. The minimum atomic E-state index is -3.35. The number of aliphatic hydroxyl groups excluding tert-OH is 1. The molecule has 0 aliphatic carbocycles. The van der Waals surface area contributed by atoms with Crippen LogP contribution in [0, 0.1) is 10.1 Å². The number of sulfone groups is 1. The molecule has 0 radical (unpaired) electrons. The maximum Gasteiger partial charge on any atom is 0.304 e. The fraction of sp³-hybridized carbons (Fsp3) is 0.636. The fourth-order valence-corrected chi connectivity index (χ4v) is 6.13. The lowest BCUT2D eigenvalue weighted by molar-refractivity contribution is -0.383. The Hall–Kier alpha value is -0.840. The van der Waals surface area contributed by atoms with Crippen molar-refractivity contribution >= 4 is 43.6 Å². The van der Waals surface area contributed by atoms with Gasteiger partial charge in [-0.25, -0.2) is 8.42 Å². The number of hydrogen-bond donors (Lipinski definition) is 1. The molecule has 1 unspecified atom stereocenters. The van der Waals surface area contributed by atoms with Crippen molar-refractivity contribution in [3.05, 3.63) is 21.1 Å². The lowest BCUT2D eigenvalue weighted by Gasteiger charge is -2.34. The van der Waals surface area contributed by atoms with Gasteiger partial charge in [0.1, 0.15) is 5.37 Å². The van der Waals surface area contributed by atoms with Crippen LogP contribution in [0.3, 0.4) is 0 Å². The second-order valence-corrected chi connectivity index (χ2v) is 9.24. The van der Waals surface area contributed by atoms with Crippen molar-refractivity contribution in [1.82, 2.24) is 0 Å². The van der Waals surface area contributed by atoms with Crippen LogP contribution in [0.1, 0.15) is 17.9 Å². The minimum absolute atomic E-state index is 0.142. The predicted octanol–water partition coefficient (Wildman–Crippen LogP) is 1.63. The molecule has 2 atom stereocenters. The van der Waals surface area contributed by atoms with Crippen molar-refractivity contribution in [1.29, 1.82) is 0 Å². The van der Waals surface area contributed by atoms with Gasteiger partial charge in [0.2, 0.25) is 0 Å². The summed E-state index contributed by atoms with van der Waals surface area (Å²) in [5, 5.41) is 20.4. The van der Waals surface area contributed by atoms with Gasteiger partial charge in [0.15, 0.2) is 14.8 Å². The predicted molar refractivity (Wildman–Crippen MR) is 84.9 cm³/mol.